The van der Waals surface area contributed by atoms with Crippen LogP contribution in [0.5, 0.6) is 5.75 Å². The number of ketones is 2. The molecule has 0 radical (unpaired) electrons. The average molecular weight is 571 g/mol. The van der Waals surface area contributed by atoms with E-state index < -0.39 is 74.2 Å². The van der Waals surface area contributed by atoms with E-state index in [4.69, 9.17) is 29.0 Å². The number of phenolic OH excluding ortho intramolecular Hbond substituents is 1. The van der Waals surface area contributed by atoms with Gasteiger partial charge in [0, 0.05) is 31.3 Å². The number of anilines is 2. The third-order valence-corrected chi connectivity index (χ3v) is 7.21. The van der Waals surface area contributed by atoms with Crippen LogP contribution in [-0.4, -0.2) is 100 Å². The Hall–Kier alpha value is -3.70. The van der Waals surface area contributed by atoms with Crippen LogP contribution in [0.15, 0.2) is 28.7 Å². The number of nitrogens with zero attached hydrogens (tertiary/aromatic N) is 2. The number of allylic oxidation sites excluding steroid dienone is 1. The molecule has 0 heterocycles. The second kappa shape index (κ2) is 9.80. The minimum absolute atomic E-state index is 0.0315. The van der Waals surface area contributed by atoms with Gasteiger partial charge >= 0.3 is 10.4 Å². The van der Waals surface area contributed by atoms with E-state index in [1.807, 2.05) is 0 Å². The van der Waals surface area contributed by atoms with Gasteiger partial charge in [0.15, 0.2) is 11.4 Å². The number of carbonyl (C=O) groups excluding carboxylic acids is 3. The number of benzene rings is 1. The van der Waals surface area contributed by atoms with Gasteiger partial charge < -0.3 is 36.8 Å². The van der Waals surface area contributed by atoms with Gasteiger partial charge in [0.25, 0.3) is 5.91 Å². The van der Waals surface area contributed by atoms with Crippen LogP contribution >= 0.6 is 0 Å². The van der Waals surface area contributed by atoms with Crippen molar-refractivity contribution in [3.63, 3.8) is 0 Å². The van der Waals surface area contributed by atoms with Gasteiger partial charge in [0.05, 0.1) is 17.3 Å². The van der Waals surface area contributed by atoms with Gasteiger partial charge in [-0.1, -0.05) is 0 Å². The Morgan fingerprint density at radius 2 is 1.64 bits per heavy atom. The Kier molecular flexibility index (Phi) is 7.50. The zero-order chi connectivity index (χ0) is 29.9. The fourth-order valence-electron chi connectivity index (χ4n) is 5.72. The molecule has 4 rings (SSSR count). The first-order chi connectivity index (χ1) is 17.7. The van der Waals surface area contributed by atoms with E-state index >= 15 is 0 Å². The third-order valence-electron chi connectivity index (χ3n) is 7.21. The number of aliphatic hydroxyl groups excluding tert-OH is 2. The van der Waals surface area contributed by atoms with Crippen LogP contribution in [0.4, 0.5) is 11.4 Å². The Labute approximate surface area is 223 Å². The molecule has 0 saturated heterocycles. The van der Waals surface area contributed by atoms with Gasteiger partial charge in [-0.25, -0.2) is 0 Å². The number of fused-ring (bicyclic) bond motifs is 3. The molecule has 0 saturated carbocycles. The number of aliphatic hydroxyl groups is 3. The summed E-state index contributed by atoms with van der Waals surface area (Å²) < 4.78 is 31.6. The summed E-state index contributed by atoms with van der Waals surface area (Å²) in [5.74, 6) is -6.95. The number of amides is 1. The Bertz CT molecular complexity index is 1440. The van der Waals surface area contributed by atoms with Gasteiger partial charge in [-0.15, -0.1) is 0 Å². The minimum Gasteiger partial charge on any atom is -0.510 e. The number of rotatable bonds is 3. The van der Waals surface area contributed by atoms with Crippen molar-refractivity contribution in [1.82, 2.24) is 4.90 Å². The average Bonchev–Trinajstić information content (AvgIpc) is 2.76. The second-order valence-electron chi connectivity index (χ2n) is 9.99. The topological polar surface area (TPSA) is 265 Å². The highest BCUT2D eigenvalue weighted by molar-refractivity contribution is 7.79. The second-order valence-corrected chi connectivity index (χ2v) is 10.9. The zero-order valence-electron chi connectivity index (χ0n) is 21.4. The first kappa shape index (κ1) is 29.9. The number of aromatic hydroxyl groups is 1. The normalized spacial score (nSPS) is 26.4. The van der Waals surface area contributed by atoms with Crippen molar-refractivity contribution in [2.45, 2.75) is 24.5 Å². The Morgan fingerprint density at radius 3 is 2.10 bits per heavy atom. The molecule has 1 aromatic carbocycles. The van der Waals surface area contributed by atoms with Crippen LogP contribution < -0.4 is 16.4 Å². The van der Waals surface area contributed by atoms with E-state index in [-0.39, 0.29) is 29.7 Å². The summed E-state index contributed by atoms with van der Waals surface area (Å²) in [7, 11) is 2.01. The van der Waals surface area contributed by atoms with Gasteiger partial charge in [0.2, 0.25) is 5.78 Å². The molecule has 16 heteroatoms. The number of hydrogen-bond acceptors (Lipinski definition) is 12. The highest BCUT2D eigenvalue weighted by Crippen LogP contribution is 2.53. The fourth-order valence-corrected chi connectivity index (χ4v) is 5.72. The summed E-state index contributed by atoms with van der Waals surface area (Å²) in [6.45, 7) is 0. The Morgan fingerprint density at radius 1 is 1.10 bits per heavy atom. The first-order valence-corrected chi connectivity index (χ1v) is 12.8. The molecule has 10 N–H and O–H groups in total. The van der Waals surface area contributed by atoms with Crippen molar-refractivity contribution in [2.24, 2.45) is 17.6 Å². The number of phenols is 1. The van der Waals surface area contributed by atoms with Crippen molar-refractivity contribution in [3.8, 4) is 5.75 Å². The maximum atomic E-state index is 13.6. The van der Waals surface area contributed by atoms with Crippen molar-refractivity contribution in [1.29, 1.82) is 0 Å². The summed E-state index contributed by atoms with van der Waals surface area (Å²) in [5, 5.41) is 44.2. The molecule has 3 unspecified atom stereocenters. The van der Waals surface area contributed by atoms with Crippen molar-refractivity contribution in [2.75, 3.05) is 38.8 Å². The lowest BCUT2D eigenvalue weighted by Gasteiger charge is -2.50. The molecular weight excluding hydrogens is 540 g/mol. The molecule has 0 spiro atoms. The lowest BCUT2D eigenvalue weighted by Crippen LogP contribution is -2.63. The Balaban J connectivity index is 0.000000771. The zero-order valence-corrected chi connectivity index (χ0v) is 22.2. The lowest BCUT2D eigenvalue weighted by atomic mass is 9.58. The van der Waals surface area contributed by atoms with Gasteiger partial charge in [-0.3, -0.25) is 28.4 Å². The number of likely N-dealkylation sites (N-methyl/N-ethyl adjacent to an activating group) is 1. The van der Waals surface area contributed by atoms with Crippen LogP contribution in [0, 0.1) is 11.8 Å². The third kappa shape index (κ3) is 4.80. The van der Waals surface area contributed by atoms with E-state index in [1.54, 1.807) is 39.2 Å². The molecule has 3 aliphatic carbocycles. The smallest absolute Gasteiger partial charge is 0.394 e. The predicted molar refractivity (Wildman–Crippen MR) is 137 cm³/mol. The number of nitrogens with two attached hydrogens (primary N) is 2. The molecule has 3 aliphatic rings. The number of primary amides is 1. The maximum absolute atomic E-state index is 13.6. The van der Waals surface area contributed by atoms with Gasteiger partial charge in [0.1, 0.15) is 22.8 Å². The van der Waals surface area contributed by atoms with E-state index in [0.29, 0.717) is 11.3 Å². The summed E-state index contributed by atoms with van der Waals surface area (Å²) in [4.78, 5) is 42.1. The summed E-state index contributed by atoms with van der Waals surface area (Å²) in [6, 6.07) is 0.522. The van der Waals surface area contributed by atoms with Crippen molar-refractivity contribution >= 4 is 39.2 Å². The number of nitrogen functional groups attached to an aromatic ring is 1. The molecule has 0 bridgehead atoms. The SMILES string of the molecule is CN(C)c1cc(N)c(O)c2c1CC1CC3[C@H](N(C)C)C(O)=C(C(N)=O)C(=O)C3(O)C(O)=C1C2=O.O=S(=O)(O)O. The highest BCUT2D eigenvalue weighted by Gasteiger charge is 2.63. The van der Waals surface area contributed by atoms with E-state index in [2.05, 4.69) is 0 Å². The van der Waals surface area contributed by atoms with E-state index in [9.17, 15) is 34.8 Å². The number of hydrogen-bond donors (Lipinski definition) is 8. The van der Waals surface area contributed by atoms with Crippen LogP contribution in [0.2, 0.25) is 0 Å². The van der Waals surface area contributed by atoms with Crippen LogP contribution in [0.3, 0.4) is 0 Å². The predicted octanol–water partition coefficient (Wildman–Crippen LogP) is -0.884. The standard InChI is InChI=1S/C23H28N4O7.H2O4S/c1-26(2)12-7-11(24)17(28)14-9(12)5-8-6-10-16(27(3)4)19(30)15(22(25)33)21(32)23(10,34)20(31)13(8)18(14)29;1-5(2,3)4/h7-8,10,16,28,30-31,34H,5-6,24H2,1-4H3,(H2,25,33);(H2,1,2,3,4)/t8?,10?,16-,23?;/m0./s1. The first-order valence-electron chi connectivity index (χ1n) is 11.4. The van der Waals surface area contributed by atoms with Crippen LogP contribution in [0.1, 0.15) is 22.3 Å². The minimum atomic E-state index is -4.67. The molecule has 4 atom stereocenters. The van der Waals surface area contributed by atoms with Gasteiger partial charge in [-0.2, -0.15) is 8.42 Å². The monoisotopic (exact) mass is 570 g/mol. The molecule has 0 aromatic heterocycles. The lowest BCUT2D eigenvalue weighted by molar-refractivity contribution is -0.148. The van der Waals surface area contributed by atoms with Crippen molar-refractivity contribution < 1.29 is 52.3 Å². The van der Waals surface area contributed by atoms with Gasteiger partial charge in [-0.05, 0) is 44.5 Å². The fraction of sp³-hybridized carbons (Fsp3) is 0.435. The molecule has 0 aliphatic heterocycles. The van der Waals surface area contributed by atoms with Crippen LogP contribution in [0.25, 0.3) is 0 Å². The summed E-state index contributed by atoms with van der Waals surface area (Å²) in [6.07, 6.45) is 0.236. The highest BCUT2D eigenvalue weighted by atomic mass is 32.3. The quantitative estimate of drug-likeness (QED) is 0.0949. The van der Waals surface area contributed by atoms with Crippen LogP contribution in [-0.2, 0) is 26.4 Å². The summed E-state index contributed by atoms with van der Waals surface area (Å²) >= 11 is 0. The molecular formula is C23H30N4O11S. The molecule has 214 valence electrons. The van der Waals surface area contributed by atoms with E-state index in [1.165, 1.54) is 4.90 Å². The molecule has 15 nitrogen and oxygen atoms in total. The van der Waals surface area contributed by atoms with E-state index in [0.717, 1.165) is 0 Å². The largest absolute Gasteiger partial charge is 0.510 e. The summed E-state index contributed by atoms with van der Waals surface area (Å²) in [5.41, 5.74) is 8.51. The molecule has 0 fully saturated rings. The van der Waals surface area contributed by atoms with Crippen molar-refractivity contribution in [3.05, 3.63) is 39.9 Å². The number of Topliss-reactive ketones (excluding diaryl/α,β-unsaturated/α-hetero) is 2. The maximum Gasteiger partial charge on any atom is 0.394 e. The number of carbonyl (C=O) groups is 3. The molecule has 39 heavy (non-hydrogen) atoms. The molecule has 1 aromatic rings. The molecule has 1 amide bonds.